The molecule has 0 aliphatic heterocycles. The molecule has 13 heavy (non-hydrogen) atoms. The Balaban J connectivity index is 2.20. The number of H-pyrrole nitrogens is 1. The number of aromatic nitrogens is 2. The summed E-state index contributed by atoms with van der Waals surface area (Å²) in [4.78, 5) is 24.3. The van der Waals surface area contributed by atoms with E-state index in [-0.39, 0.29) is 12.2 Å². The molecule has 0 spiro atoms. The smallest absolute Gasteiger partial charge is 0.325 e. The predicted molar refractivity (Wildman–Crippen MR) is 44.4 cm³/mol. The third kappa shape index (κ3) is 1.26. The Kier molecular flexibility index (Phi) is 1.55. The van der Waals surface area contributed by atoms with Crippen LogP contribution in [-0.2, 0) is 11.3 Å². The van der Waals surface area contributed by atoms with E-state index in [1.54, 1.807) is 6.20 Å². The molecule has 70 valence electrons. The molecule has 0 unspecified atom stereocenters. The number of nitrogens with zero attached hydrogens (tertiary/aromatic N) is 1. The van der Waals surface area contributed by atoms with Crippen molar-refractivity contribution in [3.05, 3.63) is 22.9 Å². The van der Waals surface area contributed by atoms with Crippen molar-refractivity contribution in [1.29, 1.82) is 0 Å². The first-order chi connectivity index (χ1) is 6.14. The minimum absolute atomic E-state index is 0.243. The van der Waals surface area contributed by atoms with Crippen LogP contribution in [0.15, 0.2) is 17.2 Å². The lowest BCUT2D eigenvalue weighted by Crippen LogP contribution is -2.27. The molecule has 2 N–H and O–H groups in total. The van der Waals surface area contributed by atoms with Gasteiger partial charge in [0.05, 0.1) is 5.41 Å². The van der Waals surface area contributed by atoms with Crippen LogP contribution in [0.4, 0.5) is 0 Å². The van der Waals surface area contributed by atoms with Gasteiger partial charge in [-0.1, -0.05) is 0 Å². The Morgan fingerprint density at radius 1 is 1.69 bits per heavy atom. The first kappa shape index (κ1) is 8.10. The molecule has 1 aliphatic rings. The number of rotatable bonds is 3. The zero-order valence-electron chi connectivity index (χ0n) is 6.99. The maximum atomic E-state index is 11.1. The highest BCUT2D eigenvalue weighted by Crippen LogP contribution is 2.46. The molecule has 0 saturated heterocycles. The minimum atomic E-state index is -0.805. The monoisotopic (exact) mass is 182 g/mol. The van der Waals surface area contributed by atoms with Crippen LogP contribution >= 0.6 is 0 Å². The summed E-state index contributed by atoms with van der Waals surface area (Å²) in [7, 11) is 0. The summed E-state index contributed by atoms with van der Waals surface area (Å²) in [5.74, 6) is -0.805. The number of carbonyl (C=O) groups is 1. The van der Waals surface area contributed by atoms with Crippen molar-refractivity contribution < 1.29 is 9.90 Å². The average molecular weight is 182 g/mol. The van der Waals surface area contributed by atoms with E-state index in [1.807, 2.05) is 0 Å². The lowest BCUT2D eigenvalue weighted by molar-refractivity contribution is -0.143. The molecule has 1 saturated carbocycles. The largest absolute Gasteiger partial charge is 0.481 e. The zero-order chi connectivity index (χ0) is 9.47. The van der Waals surface area contributed by atoms with Gasteiger partial charge in [0.2, 0.25) is 0 Å². The van der Waals surface area contributed by atoms with E-state index in [0.29, 0.717) is 12.8 Å². The first-order valence-corrected chi connectivity index (χ1v) is 4.11. The van der Waals surface area contributed by atoms with Crippen molar-refractivity contribution in [2.75, 3.05) is 0 Å². The zero-order valence-corrected chi connectivity index (χ0v) is 6.99. The molecule has 1 aliphatic carbocycles. The van der Waals surface area contributed by atoms with Crippen molar-refractivity contribution in [2.45, 2.75) is 19.4 Å². The molecule has 0 radical (unpaired) electrons. The van der Waals surface area contributed by atoms with Crippen LogP contribution < -0.4 is 5.69 Å². The van der Waals surface area contributed by atoms with Crippen LogP contribution in [0.3, 0.4) is 0 Å². The van der Waals surface area contributed by atoms with Gasteiger partial charge in [0, 0.05) is 18.9 Å². The highest BCUT2D eigenvalue weighted by molar-refractivity contribution is 5.77. The Morgan fingerprint density at radius 2 is 2.38 bits per heavy atom. The molecule has 0 aromatic carbocycles. The van der Waals surface area contributed by atoms with Crippen LogP contribution in [-0.4, -0.2) is 20.6 Å². The molecule has 1 fully saturated rings. The summed E-state index contributed by atoms with van der Waals surface area (Å²) in [6.45, 7) is 0.282. The molecular weight excluding hydrogens is 172 g/mol. The van der Waals surface area contributed by atoms with Gasteiger partial charge in [0.1, 0.15) is 0 Å². The maximum absolute atomic E-state index is 11.1. The number of imidazole rings is 1. The van der Waals surface area contributed by atoms with Crippen molar-refractivity contribution in [3.63, 3.8) is 0 Å². The molecule has 1 heterocycles. The first-order valence-electron chi connectivity index (χ1n) is 4.11. The summed E-state index contributed by atoms with van der Waals surface area (Å²) in [5, 5.41) is 8.87. The van der Waals surface area contributed by atoms with E-state index in [9.17, 15) is 9.59 Å². The number of hydrogen-bond donors (Lipinski definition) is 2. The van der Waals surface area contributed by atoms with Crippen molar-refractivity contribution in [3.8, 4) is 0 Å². The van der Waals surface area contributed by atoms with Crippen LogP contribution in [0.1, 0.15) is 12.8 Å². The van der Waals surface area contributed by atoms with Gasteiger partial charge in [-0.05, 0) is 12.8 Å². The van der Waals surface area contributed by atoms with Crippen LogP contribution in [0.2, 0.25) is 0 Å². The van der Waals surface area contributed by atoms with Gasteiger partial charge in [-0.25, -0.2) is 4.79 Å². The third-order valence-electron chi connectivity index (χ3n) is 2.50. The van der Waals surface area contributed by atoms with Crippen molar-refractivity contribution >= 4 is 5.97 Å². The van der Waals surface area contributed by atoms with Crippen LogP contribution in [0.25, 0.3) is 0 Å². The van der Waals surface area contributed by atoms with E-state index >= 15 is 0 Å². The number of hydrogen-bond acceptors (Lipinski definition) is 2. The topological polar surface area (TPSA) is 75.1 Å². The lowest BCUT2D eigenvalue weighted by atomic mass is 10.1. The van der Waals surface area contributed by atoms with Gasteiger partial charge in [-0.3, -0.25) is 9.36 Å². The van der Waals surface area contributed by atoms with Gasteiger partial charge in [-0.2, -0.15) is 0 Å². The van der Waals surface area contributed by atoms with Gasteiger partial charge < -0.3 is 10.1 Å². The standard InChI is InChI=1S/C8H10N2O3/c11-6(12)8(1-2-8)5-10-4-3-9-7(10)13/h3-4H,1-2,5H2,(H,9,13)(H,11,12). The maximum Gasteiger partial charge on any atom is 0.325 e. The fourth-order valence-corrected chi connectivity index (χ4v) is 1.39. The molecular formula is C8H10N2O3. The molecule has 0 atom stereocenters. The molecule has 0 amide bonds. The average Bonchev–Trinajstić information content (AvgIpc) is 2.74. The quantitative estimate of drug-likeness (QED) is 0.693. The van der Waals surface area contributed by atoms with Gasteiger partial charge >= 0.3 is 11.7 Å². The summed E-state index contributed by atoms with van der Waals surface area (Å²) in [6.07, 6.45) is 4.42. The second kappa shape index (κ2) is 2.48. The molecule has 5 nitrogen and oxygen atoms in total. The summed E-state index contributed by atoms with van der Waals surface area (Å²) < 4.78 is 1.40. The number of nitrogens with one attached hydrogen (secondary N) is 1. The molecule has 1 aromatic rings. The van der Waals surface area contributed by atoms with Gasteiger partial charge in [0.15, 0.2) is 0 Å². The number of carboxylic acid groups (broad SMARTS) is 1. The molecule has 0 bridgehead atoms. The molecule has 1 aromatic heterocycles. The Morgan fingerprint density at radius 3 is 2.77 bits per heavy atom. The Hall–Kier alpha value is -1.52. The van der Waals surface area contributed by atoms with Gasteiger partial charge in [0.25, 0.3) is 0 Å². The SMILES string of the molecule is O=C(O)C1(Cn2cc[nH]c2=O)CC1. The minimum Gasteiger partial charge on any atom is -0.481 e. The van der Waals surface area contributed by atoms with Crippen LogP contribution in [0.5, 0.6) is 0 Å². The number of aliphatic carboxylic acids is 1. The molecule has 5 heteroatoms. The number of aromatic amines is 1. The van der Waals surface area contributed by atoms with Crippen molar-refractivity contribution in [2.24, 2.45) is 5.41 Å². The Bertz CT molecular complexity index is 386. The third-order valence-corrected chi connectivity index (χ3v) is 2.50. The van der Waals surface area contributed by atoms with Crippen LogP contribution in [0, 0.1) is 5.41 Å². The molecule has 2 rings (SSSR count). The van der Waals surface area contributed by atoms with Crippen molar-refractivity contribution in [1.82, 2.24) is 9.55 Å². The van der Waals surface area contributed by atoms with E-state index in [1.165, 1.54) is 10.8 Å². The second-order valence-corrected chi connectivity index (χ2v) is 3.48. The second-order valence-electron chi connectivity index (χ2n) is 3.48. The fourth-order valence-electron chi connectivity index (χ4n) is 1.39. The summed E-state index contributed by atoms with van der Waals surface area (Å²) in [5.41, 5.74) is -0.918. The summed E-state index contributed by atoms with van der Waals surface area (Å²) >= 11 is 0. The van der Waals surface area contributed by atoms with E-state index < -0.39 is 11.4 Å². The Labute approximate surface area is 74.0 Å². The van der Waals surface area contributed by atoms with E-state index in [2.05, 4.69) is 4.98 Å². The lowest BCUT2D eigenvalue weighted by Gasteiger charge is -2.08. The number of carboxylic acids is 1. The van der Waals surface area contributed by atoms with E-state index in [0.717, 1.165) is 0 Å². The predicted octanol–water partition coefficient (Wildman–Crippen LogP) is 0.0412. The van der Waals surface area contributed by atoms with Gasteiger partial charge in [-0.15, -0.1) is 0 Å². The highest BCUT2D eigenvalue weighted by atomic mass is 16.4. The normalized spacial score (nSPS) is 18.5. The van der Waals surface area contributed by atoms with E-state index in [4.69, 9.17) is 5.11 Å². The fraction of sp³-hybridized carbons (Fsp3) is 0.500. The highest BCUT2D eigenvalue weighted by Gasteiger charge is 2.50. The summed E-state index contributed by atoms with van der Waals surface area (Å²) in [6, 6.07) is 0.